The average Bonchev–Trinajstić information content (AvgIpc) is 2.60. The average molecular weight is 404 g/mol. The lowest BCUT2D eigenvalue weighted by Crippen LogP contribution is -2.50. The van der Waals surface area contributed by atoms with Crippen LogP contribution in [0.5, 0.6) is 0 Å². The number of carbonyl (C=O) groups excluding carboxylic acids is 1. The largest absolute Gasteiger partial charge is 0.342 e. The first-order valence-electron chi connectivity index (χ1n) is 8.81. The van der Waals surface area contributed by atoms with Gasteiger partial charge in [-0.05, 0) is 18.4 Å². The first kappa shape index (κ1) is 22.9. The zero-order chi connectivity index (χ0) is 18.6. The fourth-order valence-electron chi connectivity index (χ4n) is 3.54. The number of carbonyl (C=O) groups is 1. The van der Waals surface area contributed by atoms with Crippen molar-refractivity contribution in [2.75, 3.05) is 25.9 Å². The van der Waals surface area contributed by atoms with E-state index < -0.39 is 10.0 Å². The summed E-state index contributed by atoms with van der Waals surface area (Å²) in [4.78, 5) is 14.6. The summed E-state index contributed by atoms with van der Waals surface area (Å²) in [6, 6.07) is 9.27. The molecule has 2 N–H and O–H groups in total. The number of piperidine rings is 1. The number of rotatable bonds is 6. The molecule has 2 rings (SSSR count). The summed E-state index contributed by atoms with van der Waals surface area (Å²) >= 11 is 0. The maximum atomic E-state index is 12.8. The van der Waals surface area contributed by atoms with E-state index in [1.807, 2.05) is 49.1 Å². The van der Waals surface area contributed by atoms with Gasteiger partial charge in [-0.3, -0.25) is 4.79 Å². The number of hydrogen-bond donors (Lipinski definition) is 1. The van der Waals surface area contributed by atoms with Crippen molar-refractivity contribution in [3.05, 3.63) is 35.9 Å². The molecule has 1 aromatic carbocycles. The number of likely N-dealkylation sites (tertiary alicyclic amines) is 1. The van der Waals surface area contributed by atoms with Crippen LogP contribution in [0.3, 0.4) is 0 Å². The minimum absolute atomic E-state index is 0. The van der Waals surface area contributed by atoms with Crippen LogP contribution in [0.2, 0.25) is 0 Å². The lowest BCUT2D eigenvalue weighted by molar-refractivity contribution is -0.137. The monoisotopic (exact) mass is 403 g/mol. The molecule has 148 valence electrons. The Kier molecular flexibility index (Phi) is 8.53. The molecule has 0 spiro atoms. The highest BCUT2D eigenvalue weighted by atomic mass is 35.5. The van der Waals surface area contributed by atoms with E-state index in [9.17, 15) is 13.2 Å². The van der Waals surface area contributed by atoms with Gasteiger partial charge < -0.3 is 10.6 Å². The van der Waals surface area contributed by atoms with E-state index in [1.54, 1.807) is 0 Å². The van der Waals surface area contributed by atoms with Crippen LogP contribution in [0.15, 0.2) is 30.3 Å². The second kappa shape index (κ2) is 9.69. The second-order valence-electron chi connectivity index (χ2n) is 6.75. The number of hydrogen-bond acceptors (Lipinski definition) is 4. The van der Waals surface area contributed by atoms with Gasteiger partial charge >= 0.3 is 0 Å². The molecule has 0 bridgehead atoms. The molecular formula is C18H30ClN3O3S. The summed E-state index contributed by atoms with van der Waals surface area (Å²) in [6.45, 7) is 5.32. The molecule has 1 aliphatic heterocycles. The molecule has 1 aromatic rings. The number of nitrogens with two attached hydrogens (primary N) is 1. The van der Waals surface area contributed by atoms with Gasteiger partial charge in [0.2, 0.25) is 15.9 Å². The Morgan fingerprint density at radius 3 is 2.27 bits per heavy atom. The summed E-state index contributed by atoms with van der Waals surface area (Å²) in [5, 5.41) is 0. The maximum absolute atomic E-state index is 12.8. The third kappa shape index (κ3) is 5.42. The van der Waals surface area contributed by atoms with Crippen LogP contribution in [0.1, 0.15) is 38.3 Å². The van der Waals surface area contributed by atoms with Crippen LogP contribution in [-0.2, 0) is 14.8 Å². The number of amides is 1. The Bertz CT molecular complexity index is 676. The molecular weight excluding hydrogens is 374 g/mol. The summed E-state index contributed by atoms with van der Waals surface area (Å²) in [5.74, 6) is -0.270. The highest BCUT2D eigenvalue weighted by molar-refractivity contribution is 7.88. The van der Waals surface area contributed by atoms with Crippen LogP contribution in [-0.4, -0.2) is 55.5 Å². The van der Waals surface area contributed by atoms with Crippen LogP contribution in [0.4, 0.5) is 0 Å². The molecule has 26 heavy (non-hydrogen) atoms. The van der Waals surface area contributed by atoms with E-state index in [0.29, 0.717) is 32.5 Å². The van der Waals surface area contributed by atoms with Crippen molar-refractivity contribution in [1.29, 1.82) is 0 Å². The Morgan fingerprint density at radius 2 is 1.81 bits per heavy atom. The quantitative estimate of drug-likeness (QED) is 0.787. The molecule has 6 nitrogen and oxygen atoms in total. The topological polar surface area (TPSA) is 83.7 Å². The van der Waals surface area contributed by atoms with Crippen LogP contribution in [0, 0.1) is 5.92 Å². The Labute approximate surface area is 163 Å². The fourth-order valence-corrected chi connectivity index (χ4v) is 4.76. The van der Waals surface area contributed by atoms with E-state index in [4.69, 9.17) is 5.73 Å². The lowest BCUT2D eigenvalue weighted by atomic mass is 9.93. The van der Waals surface area contributed by atoms with Crippen LogP contribution in [0.25, 0.3) is 0 Å². The Hall–Kier alpha value is -1.15. The zero-order valence-corrected chi connectivity index (χ0v) is 17.3. The van der Waals surface area contributed by atoms with E-state index in [2.05, 4.69) is 0 Å². The van der Waals surface area contributed by atoms with Crippen LogP contribution >= 0.6 is 12.4 Å². The highest BCUT2D eigenvalue weighted by Crippen LogP contribution is 2.24. The summed E-state index contributed by atoms with van der Waals surface area (Å²) in [7, 11) is -3.21. The van der Waals surface area contributed by atoms with Crippen molar-refractivity contribution in [2.45, 2.75) is 38.8 Å². The van der Waals surface area contributed by atoms with Crippen molar-refractivity contribution >= 4 is 28.3 Å². The first-order chi connectivity index (χ1) is 11.8. The van der Waals surface area contributed by atoms with Crippen LogP contribution < -0.4 is 5.73 Å². The molecule has 1 saturated heterocycles. The van der Waals surface area contributed by atoms with Gasteiger partial charge in [0.25, 0.3) is 0 Å². The van der Waals surface area contributed by atoms with Gasteiger partial charge in [0.05, 0.1) is 12.2 Å². The molecule has 1 fully saturated rings. The van der Waals surface area contributed by atoms with Gasteiger partial charge in [0.1, 0.15) is 0 Å². The first-order valence-corrected chi connectivity index (χ1v) is 10.7. The van der Waals surface area contributed by atoms with Gasteiger partial charge in [-0.15, -0.1) is 12.4 Å². The fraction of sp³-hybridized carbons (Fsp3) is 0.611. The summed E-state index contributed by atoms with van der Waals surface area (Å²) < 4.78 is 25.3. The maximum Gasteiger partial charge on any atom is 0.227 e. The predicted octanol–water partition coefficient (Wildman–Crippen LogP) is 2.02. The number of sulfonamides is 1. The second-order valence-corrected chi connectivity index (χ2v) is 8.68. The number of benzene rings is 1. The van der Waals surface area contributed by atoms with E-state index in [1.165, 1.54) is 10.6 Å². The summed E-state index contributed by atoms with van der Waals surface area (Å²) in [5.41, 5.74) is 7.22. The normalized spacial score (nSPS) is 18.3. The summed E-state index contributed by atoms with van der Waals surface area (Å²) in [6.07, 6.45) is 2.58. The highest BCUT2D eigenvalue weighted by Gasteiger charge is 2.33. The Morgan fingerprint density at radius 1 is 1.27 bits per heavy atom. The molecule has 0 saturated carbocycles. The standard InChI is InChI=1S/C18H29N3O3S.ClH/c1-4-21(25(3,23)24)16-10-12-20(13-11-16)18(22)14(2)17(19)15-8-6-5-7-9-15;/h5-9,14,16-17H,4,10-13,19H2,1-3H3;1H. The number of nitrogens with zero attached hydrogens (tertiary/aromatic N) is 2. The van der Waals surface area contributed by atoms with Crippen molar-refractivity contribution in [2.24, 2.45) is 11.7 Å². The molecule has 2 unspecified atom stereocenters. The minimum Gasteiger partial charge on any atom is -0.342 e. The van der Waals surface area contributed by atoms with Crippen molar-refractivity contribution in [1.82, 2.24) is 9.21 Å². The lowest BCUT2D eigenvalue weighted by Gasteiger charge is -2.38. The van der Waals surface area contributed by atoms with Crippen molar-refractivity contribution in [3.63, 3.8) is 0 Å². The molecule has 0 aliphatic carbocycles. The molecule has 8 heteroatoms. The third-order valence-electron chi connectivity index (χ3n) is 5.03. The molecule has 0 radical (unpaired) electrons. The molecule has 1 heterocycles. The van der Waals surface area contributed by atoms with E-state index in [-0.39, 0.29) is 36.3 Å². The van der Waals surface area contributed by atoms with Gasteiger partial charge in [0.15, 0.2) is 0 Å². The van der Waals surface area contributed by atoms with Crippen molar-refractivity contribution in [3.8, 4) is 0 Å². The van der Waals surface area contributed by atoms with E-state index in [0.717, 1.165) is 5.56 Å². The molecule has 1 amide bonds. The van der Waals surface area contributed by atoms with Crippen molar-refractivity contribution < 1.29 is 13.2 Å². The van der Waals surface area contributed by atoms with E-state index >= 15 is 0 Å². The third-order valence-corrected chi connectivity index (χ3v) is 6.44. The minimum atomic E-state index is -3.21. The SMILES string of the molecule is CCN(C1CCN(C(=O)C(C)C(N)c2ccccc2)CC1)S(C)(=O)=O.Cl. The van der Waals surface area contributed by atoms with Gasteiger partial charge in [-0.1, -0.05) is 44.2 Å². The zero-order valence-electron chi connectivity index (χ0n) is 15.7. The van der Waals surface area contributed by atoms with Gasteiger partial charge in [0, 0.05) is 31.7 Å². The predicted molar refractivity (Wildman–Crippen MR) is 107 cm³/mol. The number of halogens is 1. The van der Waals surface area contributed by atoms with Gasteiger partial charge in [-0.25, -0.2) is 8.42 Å². The molecule has 0 aromatic heterocycles. The molecule has 2 atom stereocenters. The van der Waals surface area contributed by atoms with Gasteiger partial charge in [-0.2, -0.15) is 4.31 Å². The molecule has 1 aliphatic rings. The smallest absolute Gasteiger partial charge is 0.227 e. The Balaban J connectivity index is 0.00000338.